The average molecular weight is 535 g/mol. The van der Waals surface area contributed by atoms with Gasteiger partial charge in [0.25, 0.3) is 0 Å². The van der Waals surface area contributed by atoms with Gasteiger partial charge in [-0.1, -0.05) is 84.9 Å². The van der Waals surface area contributed by atoms with Crippen LogP contribution >= 0.6 is 0 Å². The summed E-state index contributed by atoms with van der Waals surface area (Å²) < 4.78 is 4.58. The van der Waals surface area contributed by atoms with Crippen molar-refractivity contribution >= 4 is 43.6 Å². The third-order valence-corrected chi connectivity index (χ3v) is 8.22. The highest BCUT2D eigenvalue weighted by Crippen LogP contribution is 2.45. The van der Waals surface area contributed by atoms with Gasteiger partial charge in [-0.2, -0.15) is 10.5 Å². The Morgan fingerprint density at radius 3 is 1.69 bits per heavy atom. The first-order valence-corrected chi connectivity index (χ1v) is 13.8. The first-order valence-electron chi connectivity index (χ1n) is 13.8. The predicted octanol–water partition coefficient (Wildman–Crippen LogP) is 9.29. The summed E-state index contributed by atoms with van der Waals surface area (Å²) in [7, 11) is 0. The summed E-state index contributed by atoms with van der Waals surface area (Å²) in [5, 5.41) is 24.8. The van der Waals surface area contributed by atoms with Gasteiger partial charge < -0.3 is 9.13 Å². The maximum atomic E-state index is 10.4. The van der Waals surface area contributed by atoms with Crippen molar-refractivity contribution in [3.05, 3.63) is 145 Å². The van der Waals surface area contributed by atoms with Gasteiger partial charge in [0.05, 0.1) is 38.9 Å². The smallest absolute Gasteiger partial charge is 0.101 e. The molecular weight excluding hydrogens is 512 g/mol. The second kappa shape index (κ2) is 9.24. The zero-order chi connectivity index (χ0) is 28.2. The third kappa shape index (κ3) is 3.27. The minimum absolute atomic E-state index is 0.368. The second-order valence-corrected chi connectivity index (χ2v) is 10.4. The van der Waals surface area contributed by atoms with Gasteiger partial charge in [-0.25, -0.2) is 0 Å². The highest BCUT2D eigenvalue weighted by atomic mass is 15.0. The van der Waals surface area contributed by atoms with Crippen molar-refractivity contribution in [1.82, 2.24) is 9.13 Å². The monoisotopic (exact) mass is 534 g/mol. The molecule has 0 bridgehead atoms. The number of hydrogen-bond donors (Lipinski definition) is 0. The van der Waals surface area contributed by atoms with Crippen LogP contribution in [0, 0.1) is 22.7 Å². The Hall–Kier alpha value is -6.10. The first-order chi connectivity index (χ1) is 20.8. The van der Waals surface area contributed by atoms with Crippen molar-refractivity contribution in [2.24, 2.45) is 0 Å². The molecule has 0 unspecified atom stereocenters. The van der Waals surface area contributed by atoms with Crippen LogP contribution in [0.1, 0.15) is 11.1 Å². The van der Waals surface area contributed by atoms with Gasteiger partial charge in [-0.3, -0.25) is 0 Å². The molecule has 0 N–H and O–H groups in total. The number of hydrogen-bond acceptors (Lipinski definition) is 2. The van der Waals surface area contributed by atoms with Crippen LogP contribution in [0.3, 0.4) is 0 Å². The Labute approximate surface area is 242 Å². The lowest BCUT2D eigenvalue weighted by molar-refractivity contribution is 1.17. The summed E-state index contributed by atoms with van der Waals surface area (Å²) in [6.07, 6.45) is 0. The molecule has 0 saturated heterocycles. The standard InChI is InChI=1S/C38H22N4/c39-23-25-11-10-17-29(31(25)24-40)37-36(42-32-18-7-4-14-27(32)28-15-5-8-19-33(28)42)22-21-35-38(37)30-16-6-9-20-34(30)41(35)26-12-2-1-3-13-26/h1-22H. The first kappa shape index (κ1) is 23.8. The summed E-state index contributed by atoms with van der Waals surface area (Å²) in [4.78, 5) is 0. The Morgan fingerprint density at radius 1 is 0.452 bits per heavy atom. The second-order valence-electron chi connectivity index (χ2n) is 10.4. The third-order valence-electron chi connectivity index (χ3n) is 8.22. The molecule has 0 aliphatic carbocycles. The molecule has 0 radical (unpaired) electrons. The van der Waals surface area contributed by atoms with E-state index in [-0.39, 0.29) is 0 Å². The molecule has 0 aliphatic rings. The summed E-state index contributed by atoms with van der Waals surface area (Å²) in [6.45, 7) is 0. The van der Waals surface area contributed by atoms with Gasteiger partial charge in [0.1, 0.15) is 12.1 Å². The lowest BCUT2D eigenvalue weighted by atomic mass is 9.91. The summed E-state index contributed by atoms with van der Waals surface area (Å²) in [5.74, 6) is 0. The minimum atomic E-state index is 0.368. The molecule has 8 rings (SSSR count). The summed E-state index contributed by atoms with van der Waals surface area (Å²) in [6, 6.07) is 50.2. The molecule has 0 spiro atoms. The van der Waals surface area contributed by atoms with Gasteiger partial charge in [0.2, 0.25) is 0 Å². The molecule has 4 heteroatoms. The quantitative estimate of drug-likeness (QED) is 0.227. The normalized spacial score (nSPS) is 11.3. The van der Waals surface area contributed by atoms with E-state index >= 15 is 0 Å². The largest absolute Gasteiger partial charge is 0.309 e. The van der Waals surface area contributed by atoms with Crippen molar-refractivity contribution in [3.8, 4) is 34.6 Å². The van der Waals surface area contributed by atoms with Gasteiger partial charge in [0, 0.05) is 38.4 Å². The molecule has 2 aromatic heterocycles. The topological polar surface area (TPSA) is 57.4 Å². The highest BCUT2D eigenvalue weighted by molar-refractivity contribution is 6.19. The number of nitriles is 2. The molecule has 0 saturated carbocycles. The molecular formula is C38H22N4. The fourth-order valence-electron chi connectivity index (χ4n) is 6.52. The minimum Gasteiger partial charge on any atom is -0.309 e. The van der Waals surface area contributed by atoms with E-state index in [9.17, 15) is 10.5 Å². The van der Waals surface area contributed by atoms with Crippen LogP contribution in [-0.4, -0.2) is 9.13 Å². The van der Waals surface area contributed by atoms with E-state index in [1.807, 2.05) is 30.3 Å². The van der Waals surface area contributed by atoms with Gasteiger partial charge in [-0.05, 0) is 48.5 Å². The van der Waals surface area contributed by atoms with Crippen LogP contribution in [0.15, 0.2) is 133 Å². The maximum Gasteiger partial charge on any atom is 0.101 e. The fraction of sp³-hybridized carbons (Fsp3) is 0. The average Bonchev–Trinajstić information content (AvgIpc) is 3.57. The van der Waals surface area contributed by atoms with E-state index in [0.29, 0.717) is 11.1 Å². The van der Waals surface area contributed by atoms with Crippen molar-refractivity contribution < 1.29 is 0 Å². The Balaban J connectivity index is 1.64. The van der Waals surface area contributed by atoms with Crippen LogP contribution in [0.2, 0.25) is 0 Å². The van der Waals surface area contributed by atoms with Gasteiger partial charge >= 0.3 is 0 Å². The van der Waals surface area contributed by atoms with Crippen molar-refractivity contribution in [2.45, 2.75) is 0 Å². The SMILES string of the molecule is N#Cc1cccc(-c2c(-n3c4ccccc4c4ccccc43)ccc3c2c2ccccc2n3-c2ccccc2)c1C#N. The van der Waals surface area contributed by atoms with E-state index in [4.69, 9.17) is 0 Å². The summed E-state index contributed by atoms with van der Waals surface area (Å²) >= 11 is 0. The predicted molar refractivity (Wildman–Crippen MR) is 170 cm³/mol. The number of para-hydroxylation sites is 4. The molecule has 0 fully saturated rings. The Morgan fingerprint density at radius 2 is 1.05 bits per heavy atom. The van der Waals surface area contributed by atoms with Crippen LogP contribution < -0.4 is 0 Å². The van der Waals surface area contributed by atoms with Crippen LogP contribution in [-0.2, 0) is 0 Å². The number of nitrogens with zero attached hydrogens (tertiary/aromatic N) is 4. The number of rotatable bonds is 3. The fourth-order valence-corrected chi connectivity index (χ4v) is 6.52. The molecule has 8 aromatic rings. The highest BCUT2D eigenvalue weighted by Gasteiger charge is 2.24. The molecule has 0 amide bonds. The van der Waals surface area contributed by atoms with Crippen LogP contribution in [0.25, 0.3) is 66.1 Å². The van der Waals surface area contributed by atoms with E-state index < -0.39 is 0 Å². The molecule has 194 valence electrons. The Bertz CT molecular complexity index is 2380. The molecule has 0 aliphatic heterocycles. The van der Waals surface area contributed by atoms with E-state index in [1.165, 1.54) is 0 Å². The number of benzene rings is 6. The number of aromatic nitrogens is 2. The molecule has 4 nitrogen and oxygen atoms in total. The lowest BCUT2D eigenvalue weighted by Crippen LogP contribution is -2.01. The molecule has 42 heavy (non-hydrogen) atoms. The van der Waals surface area contributed by atoms with Crippen molar-refractivity contribution in [2.75, 3.05) is 0 Å². The van der Waals surface area contributed by atoms with Crippen molar-refractivity contribution in [1.29, 1.82) is 10.5 Å². The lowest BCUT2D eigenvalue weighted by Gasteiger charge is -2.18. The van der Waals surface area contributed by atoms with E-state index in [0.717, 1.165) is 66.1 Å². The zero-order valence-electron chi connectivity index (χ0n) is 22.5. The van der Waals surface area contributed by atoms with Crippen LogP contribution in [0.4, 0.5) is 0 Å². The number of fused-ring (bicyclic) bond motifs is 6. The molecule has 6 aromatic carbocycles. The molecule has 2 heterocycles. The van der Waals surface area contributed by atoms with E-state index in [1.54, 1.807) is 6.07 Å². The van der Waals surface area contributed by atoms with Gasteiger partial charge in [0.15, 0.2) is 0 Å². The zero-order valence-corrected chi connectivity index (χ0v) is 22.5. The van der Waals surface area contributed by atoms with E-state index in [2.05, 4.69) is 118 Å². The van der Waals surface area contributed by atoms with Crippen molar-refractivity contribution in [3.63, 3.8) is 0 Å². The van der Waals surface area contributed by atoms with Gasteiger partial charge in [-0.15, -0.1) is 0 Å². The molecule has 0 atom stereocenters. The Kier molecular flexibility index (Phi) is 5.22. The maximum absolute atomic E-state index is 10.4. The summed E-state index contributed by atoms with van der Waals surface area (Å²) in [5.41, 5.74) is 8.73. The van der Waals surface area contributed by atoms with Crippen LogP contribution in [0.5, 0.6) is 0 Å².